The van der Waals surface area contributed by atoms with Crippen molar-refractivity contribution in [3.05, 3.63) is 21.9 Å². The number of hydrogen-bond acceptors (Lipinski definition) is 3. The molecule has 2 atom stereocenters. The molecule has 1 aromatic rings. The van der Waals surface area contributed by atoms with E-state index in [-0.39, 0.29) is 0 Å². The maximum Gasteiger partial charge on any atom is 0.139 e. The molecule has 1 aliphatic rings. The van der Waals surface area contributed by atoms with Crippen LogP contribution in [0.15, 0.2) is 18.3 Å². The zero-order valence-electron chi connectivity index (χ0n) is 7.57. The lowest BCUT2D eigenvalue weighted by atomic mass is 10.2. The number of anilines is 1. The molecule has 0 bridgehead atoms. The van der Waals surface area contributed by atoms with Gasteiger partial charge in [0, 0.05) is 34.5 Å². The fourth-order valence-corrected chi connectivity index (χ4v) is 3.38. The van der Waals surface area contributed by atoms with E-state index in [2.05, 4.69) is 32.9 Å². The minimum atomic E-state index is -0.626. The molecule has 1 aliphatic heterocycles. The highest BCUT2D eigenvalue weighted by molar-refractivity contribution is 14.1. The second kappa shape index (κ2) is 4.57. The lowest BCUT2D eigenvalue weighted by molar-refractivity contribution is 0.686. The predicted octanol–water partition coefficient (Wildman–Crippen LogP) is 1.62. The van der Waals surface area contributed by atoms with Crippen LogP contribution in [0.4, 0.5) is 5.82 Å². The molecule has 3 nitrogen and oxygen atoms in total. The molecule has 0 spiro atoms. The first-order chi connectivity index (χ1) is 6.75. The molecule has 0 radical (unpaired) electrons. The van der Waals surface area contributed by atoms with Gasteiger partial charge in [0.05, 0.1) is 3.57 Å². The zero-order chi connectivity index (χ0) is 9.97. The molecule has 0 saturated carbocycles. The number of nitrogens with zero attached hydrogens (tertiary/aromatic N) is 1. The Bertz CT molecular complexity index is 358. The van der Waals surface area contributed by atoms with Gasteiger partial charge in [-0.1, -0.05) is 0 Å². The smallest absolute Gasteiger partial charge is 0.139 e. The average molecular weight is 322 g/mol. The van der Waals surface area contributed by atoms with Gasteiger partial charge in [0.2, 0.25) is 0 Å². The van der Waals surface area contributed by atoms with E-state index in [4.69, 9.17) is 0 Å². The Hall–Kier alpha value is -0.170. The first-order valence-electron chi connectivity index (χ1n) is 4.48. The number of hydrogen-bond donors (Lipinski definition) is 1. The van der Waals surface area contributed by atoms with Crippen LogP contribution in [0.3, 0.4) is 0 Å². The summed E-state index contributed by atoms with van der Waals surface area (Å²) in [4.78, 5) is 4.25. The zero-order valence-corrected chi connectivity index (χ0v) is 10.5. The Morgan fingerprint density at radius 3 is 3.14 bits per heavy atom. The van der Waals surface area contributed by atoms with Crippen LogP contribution in [0.25, 0.3) is 0 Å². The quantitative estimate of drug-likeness (QED) is 0.842. The second-order valence-electron chi connectivity index (χ2n) is 3.27. The van der Waals surface area contributed by atoms with Crippen LogP contribution >= 0.6 is 22.6 Å². The summed E-state index contributed by atoms with van der Waals surface area (Å²) in [6, 6.07) is 4.26. The number of nitrogens with one attached hydrogen (secondary N) is 1. The van der Waals surface area contributed by atoms with Crippen LogP contribution in [0, 0.1) is 3.57 Å². The number of halogens is 1. The van der Waals surface area contributed by atoms with Crippen molar-refractivity contribution in [2.24, 2.45) is 0 Å². The van der Waals surface area contributed by atoms with Crippen molar-refractivity contribution in [3.8, 4) is 0 Å². The van der Waals surface area contributed by atoms with Crippen LogP contribution in [-0.4, -0.2) is 26.7 Å². The summed E-state index contributed by atoms with van der Waals surface area (Å²) in [5.41, 5.74) is 0. The lowest BCUT2D eigenvalue weighted by Crippen LogP contribution is -2.20. The lowest BCUT2D eigenvalue weighted by Gasteiger charge is -2.12. The molecule has 0 aliphatic carbocycles. The van der Waals surface area contributed by atoms with Gasteiger partial charge in [-0.25, -0.2) is 4.98 Å². The molecule has 2 unspecified atom stereocenters. The third-order valence-corrected chi connectivity index (χ3v) is 4.52. The maximum absolute atomic E-state index is 11.2. The molecule has 76 valence electrons. The Morgan fingerprint density at radius 2 is 2.50 bits per heavy atom. The van der Waals surface area contributed by atoms with Crippen molar-refractivity contribution < 1.29 is 4.21 Å². The van der Waals surface area contributed by atoms with E-state index in [1.54, 1.807) is 6.20 Å². The highest BCUT2D eigenvalue weighted by Crippen LogP contribution is 2.18. The van der Waals surface area contributed by atoms with E-state index in [1.807, 2.05) is 12.1 Å². The van der Waals surface area contributed by atoms with Crippen LogP contribution in [0.5, 0.6) is 0 Å². The molecule has 14 heavy (non-hydrogen) atoms. The molecule has 0 aromatic carbocycles. The average Bonchev–Trinajstić information content (AvgIpc) is 2.56. The molecule has 2 heterocycles. The molecule has 1 aromatic heterocycles. The largest absolute Gasteiger partial charge is 0.366 e. The minimum Gasteiger partial charge on any atom is -0.366 e. The number of pyridine rings is 1. The summed E-state index contributed by atoms with van der Waals surface area (Å²) in [6.07, 6.45) is 2.76. The van der Waals surface area contributed by atoms with Gasteiger partial charge in [0.25, 0.3) is 0 Å². The minimum absolute atomic E-state index is 0.333. The Labute approximate surface area is 99.3 Å². The summed E-state index contributed by atoms with van der Waals surface area (Å²) in [7, 11) is -0.626. The van der Waals surface area contributed by atoms with Crippen molar-refractivity contribution in [1.82, 2.24) is 4.98 Å². The Morgan fingerprint density at radius 1 is 1.64 bits per heavy atom. The van der Waals surface area contributed by atoms with Crippen molar-refractivity contribution in [2.45, 2.75) is 12.5 Å². The number of rotatable bonds is 2. The van der Waals surface area contributed by atoms with E-state index in [0.29, 0.717) is 6.04 Å². The summed E-state index contributed by atoms with van der Waals surface area (Å²) in [6.45, 7) is 0. The van der Waals surface area contributed by atoms with Gasteiger partial charge in [-0.15, -0.1) is 0 Å². The van der Waals surface area contributed by atoms with Gasteiger partial charge < -0.3 is 5.32 Å². The topological polar surface area (TPSA) is 42.0 Å². The SMILES string of the molecule is O=S1CCC(Nc2ncccc2I)C1. The number of aromatic nitrogens is 1. The van der Waals surface area contributed by atoms with E-state index >= 15 is 0 Å². The van der Waals surface area contributed by atoms with Crippen LogP contribution in [0.2, 0.25) is 0 Å². The Balaban J connectivity index is 2.04. The predicted molar refractivity (Wildman–Crippen MR) is 66.9 cm³/mol. The van der Waals surface area contributed by atoms with Gasteiger partial charge >= 0.3 is 0 Å². The first-order valence-corrected chi connectivity index (χ1v) is 7.04. The standard InChI is InChI=1S/C9H11IN2OS/c10-8-2-1-4-11-9(8)12-7-3-5-14(13)6-7/h1-2,4,7H,3,5-6H2,(H,11,12). The van der Waals surface area contributed by atoms with Crippen LogP contribution < -0.4 is 5.32 Å². The van der Waals surface area contributed by atoms with Crippen LogP contribution in [-0.2, 0) is 10.8 Å². The van der Waals surface area contributed by atoms with E-state index in [9.17, 15) is 4.21 Å². The van der Waals surface area contributed by atoms with E-state index in [1.165, 1.54) is 0 Å². The third-order valence-electron chi connectivity index (χ3n) is 2.18. The maximum atomic E-state index is 11.2. The first kappa shape index (κ1) is 10.4. The second-order valence-corrected chi connectivity index (χ2v) is 6.06. The summed E-state index contributed by atoms with van der Waals surface area (Å²) in [5.74, 6) is 2.49. The molecule has 1 N–H and O–H groups in total. The van der Waals surface area contributed by atoms with E-state index < -0.39 is 10.8 Å². The third kappa shape index (κ3) is 2.44. The van der Waals surface area contributed by atoms with Crippen molar-refractivity contribution in [2.75, 3.05) is 16.8 Å². The molecule has 5 heteroatoms. The van der Waals surface area contributed by atoms with Gasteiger partial charge in [-0.2, -0.15) is 0 Å². The van der Waals surface area contributed by atoms with Gasteiger partial charge in [0.1, 0.15) is 5.82 Å². The van der Waals surface area contributed by atoms with Crippen molar-refractivity contribution in [3.63, 3.8) is 0 Å². The molecular weight excluding hydrogens is 311 g/mol. The normalized spacial score (nSPS) is 26.4. The van der Waals surface area contributed by atoms with Crippen LogP contribution in [0.1, 0.15) is 6.42 Å². The fraction of sp³-hybridized carbons (Fsp3) is 0.444. The highest BCUT2D eigenvalue weighted by atomic mass is 127. The Kier molecular flexibility index (Phi) is 3.38. The molecule has 1 fully saturated rings. The molecule has 0 amide bonds. The molecule has 2 rings (SSSR count). The van der Waals surface area contributed by atoms with E-state index in [0.717, 1.165) is 27.3 Å². The van der Waals surface area contributed by atoms with Gasteiger partial charge in [-0.05, 0) is 41.1 Å². The summed E-state index contributed by atoms with van der Waals surface area (Å²) >= 11 is 2.25. The summed E-state index contributed by atoms with van der Waals surface area (Å²) in [5, 5.41) is 3.33. The summed E-state index contributed by atoms with van der Waals surface area (Å²) < 4.78 is 12.3. The molecule has 1 saturated heterocycles. The highest BCUT2D eigenvalue weighted by Gasteiger charge is 2.21. The van der Waals surface area contributed by atoms with Crippen molar-refractivity contribution in [1.29, 1.82) is 0 Å². The van der Waals surface area contributed by atoms with Gasteiger partial charge in [-0.3, -0.25) is 4.21 Å². The fourth-order valence-electron chi connectivity index (χ4n) is 1.46. The monoisotopic (exact) mass is 322 g/mol. The van der Waals surface area contributed by atoms with Gasteiger partial charge in [0.15, 0.2) is 0 Å². The molecular formula is C9H11IN2OS. The van der Waals surface area contributed by atoms with Crippen molar-refractivity contribution >= 4 is 39.2 Å².